The second-order valence-corrected chi connectivity index (χ2v) is 8.71. The first-order chi connectivity index (χ1) is 14.0. The van der Waals surface area contributed by atoms with E-state index in [9.17, 15) is 14.7 Å². The number of fused-ring (bicyclic) bond motifs is 5. The molecule has 1 heterocycles. The quantitative estimate of drug-likeness (QED) is 0.608. The summed E-state index contributed by atoms with van der Waals surface area (Å²) in [6, 6.07) is 11.1. The van der Waals surface area contributed by atoms with Gasteiger partial charge >= 0.3 is 5.97 Å². The first-order valence-corrected chi connectivity index (χ1v) is 10.5. The lowest BCUT2D eigenvalue weighted by Gasteiger charge is -2.43. The summed E-state index contributed by atoms with van der Waals surface area (Å²) in [4.78, 5) is 24.9. The van der Waals surface area contributed by atoms with Crippen LogP contribution in [0.3, 0.4) is 0 Å². The minimum absolute atomic E-state index is 0.0872. The van der Waals surface area contributed by atoms with Gasteiger partial charge in [0.05, 0.1) is 11.9 Å². The van der Waals surface area contributed by atoms with Gasteiger partial charge in [-0.15, -0.1) is 0 Å². The molecule has 3 aromatic rings. The highest BCUT2D eigenvalue weighted by Gasteiger charge is 2.40. The molecule has 2 aliphatic rings. The summed E-state index contributed by atoms with van der Waals surface area (Å²) in [5.41, 5.74) is 5.49. The molecule has 0 radical (unpaired) electrons. The van der Waals surface area contributed by atoms with E-state index in [-0.39, 0.29) is 12.3 Å². The third-order valence-electron chi connectivity index (χ3n) is 6.73. The Morgan fingerprint density at radius 3 is 2.31 bits per heavy atom. The molecule has 2 aromatic carbocycles. The fraction of sp³-hybridized carbons (Fsp3) is 0.333. The Labute approximate surface area is 174 Å². The van der Waals surface area contributed by atoms with Crippen molar-refractivity contribution in [2.24, 2.45) is 0 Å². The van der Waals surface area contributed by atoms with Gasteiger partial charge in [0.25, 0.3) is 5.91 Å². The molecule has 1 saturated carbocycles. The van der Waals surface area contributed by atoms with E-state index in [1.165, 1.54) is 36.8 Å². The predicted octanol–water partition coefficient (Wildman–Crippen LogP) is 5.67. The van der Waals surface area contributed by atoms with Crippen LogP contribution in [-0.4, -0.2) is 21.6 Å². The lowest BCUT2D eigenvalue weighted by molar-refractivity contribution is -0.136. The zero-order valence-corrected chi connectivity index (χ0v) is 17.0. The lowest BCUT2D eigenvalue weighted by Crippen LogP contribution is -2.27. The van der Waals surface area contributed by atoms with Crippen molar-refractivity contribution in [3.8, 4) is 0 Å². The molecule has 2 unspecified atom stereocenters. The molecule has 0 spiro atoms. The summed E-state index contributed by atoms with van der Waals surface area (Å²) in [6.07, 6.45) is 4.84. The molecule has 2 atom stereocenters. The molecule has 148 valence electrons. The van der Waals surface area contributed by atoms with Gasteiger partial charge in [-0.3, -0.25) is 14.2 Å². The van der Waals surface area contributed by atoms with E-state index >= 15 is 0 Å². The van der Waals surface area contributed by atoms with Gasteiger partial charge in [0.2, 0.25) is 0 Å². The highest BCUT2D eigenvalue weighted by molar-refractivity contribution is 6.30. The number of rotatable bonds is 3. The van der Waals surface area contributed by atoms with Crippen LogP contribution in [0.4, 0.5) is 0 Å². The van der Waals surface area contributed by atoms with Crippen molar-refractivity contribution in [2.75, 3.05) is 0 Å². The Morgan fingerprint density at radius 2 is 1.69 bits per heavy atom. The molecular formula is C24H22ClNO3. The van der Waals surface area contributed by atoms with Gasteiger partial charge in [-0.25, -0.2) is 0 Å². The van der Waals surface area contributed by atoms with E-state index in [0.29, 0.717) is 28.1 Å². The number of carboxylic acid groups (broad SMARTS) is 1. The second kappa shape index (κ2) is 6.74. The highest BCUT2D eigenvalue weighted by Crippen LogP contribution is 2.55. The third-order valence-corrected chi connectivity index (χ3v) is 6.98. The summed E-state index contributed by atoms with van der Waals surface area (Å²) in [7, 11) is 0. The van der Waals surface area contributed by atoms with E-state index in [1.54, 1.807) is 28.8 Å². The van der Waals surface area contributed by atoms with E-state index < -0.39 is 5.97 Å². The molecule has 2 aliphatic carbocycles. The number of hydrogen-bond donors (Lipinski definition) is 1. The Morgan fingerprint density at radius 1 is 1.07 bits per heavy atom. The summed E-state index contributed by atoms with van der Waals surface area (Å²) >= 11 is 5.98. The average Bonchev–Trinajstić information content (AvgIpc) is 2.96. The maximum absolute atomic E-state index is 13.4. The van der Waals surface area contributed by atoms with Gasteiger partial charge in [0, 0.05) is 21.7 Å². The van der Waals surface area contributed by atoms with Crippen LogP contribution in [0, 0.1) is 6.92 Å². The van der Waals surface area contributed by atoms with Crippen LogP contribution in [0.25, 0.3) is 10.9 Å². The Balaban J connectivity index is 1.71. The molecule has 0 aliphatic heterocycles. The fourth-order valence-corrected chi connectivity index (χ4v) is 5.46. The number of carbonyl (C=O) groups is 2. The Bertz CT molecular complexity index is 1160. The van der Waals surface area contributed by atoms with Gasteiger partial charge in [0.15, 0.2) is 0 Å². The van der Waals surface area contributed by atoms with Crippen molar-refractivity contribution < 1.29 is 14.7 Å². The van der Waals surface area contributed by atoms with Gasteiger partial charge in [-0.1, -0.05) is 24.4 Å². The number of hydrogen-bond acceptors (Lipinski definition) is 2. The monoisotopic (exact) mass is 407 g/mol. The van der Waals surface area contributed by atoms with Crippen LogP contribution in [0.15, 0.2) is 36.4 Å². The van der Waals surface area contributed by atoms with Crippen molar-refractivity contribution in [1.29, 1.82) is 0 Å². The molecular weight excluding hydrogens is 386 g/mol. The van der Waals surface area contributed by atoms with Crippen LogP contribution < -0.4 is 0 Å². The van der Waals surface area contributed by atoms with Crippen LogP contribution in [-0.2, 0) is 11.2 Å². The number of aromatic nitrogens is 1. The molecule has 0 amide bonds. The normalized spacial score (nSPS) is 20.1. The van der Waals surface area contributed by atoms with E-state index in [2.05, 4.69) is 12.1 Å². The maximum Gasteiger partial charge on any atom is 0.307 e. The number of carbonyl (C=O) groups excluding carboxylic acids is 1. The SMILES string of the molecule is Cc1c(CC(=O)O)c2cc3c(cc2n1C(=O)c1ccc(Cl)cc1)C1CCCCC31. The predicted molar refractivity (Wildman–Crippen MR) is 113 cm³/mol. The fourth-order valence-electron chi connectivity index (χ4n) is 5.34. The van der Waals surface area contributed by atoms with Crippen molar-refractivity contribution in [3.63, 3.8) is 0 Å². The summed E-state index contributed by atoms with van der Waals surface area (Å²) < 4.78 is 1.69. The largest absolute Gasteiger partial charge is 0.481 e. The van der Waals surface area contributed by atoms with Crippen LogP contribution >= 0.6 is 11.6 Å². The number of aliphatic carboxylic acids is 1. The van der Waals surface area contributed by atoms with Crippen molar-refractivity contribution in [1.82, 2.24) is 4.57 Å². The van der Waals surface area contributed by atoms with Gasteiger partial charge < -0.3 is 5.11 Å². The van der Waals surface area contributed by atoms with Crippen LogP contribution in [0.2, 0.25) is 5.02 Å². The summed E-state index contributed by atoms with van der Waals surface area (Å²) in [6.45, 7) is 1.84. The minimum atomic E-state index is -0.885. The van der Waals surface area contributed by atoms with Gasteiger partial charge in [0.1, 0.15) is 0 Å². The first kappa shape index (κ1) is 18.4. The van der Waals surface area contributed by atoms with Gasteiger partial charge in [-0.05, 0) is 84.7 Å². The van der Waals surface area contributed by atoms with Crippen molar-refractivity contribution in [3.05, 3.63) is 69.4 Å². The third kappa shape index (κ3) is 2.81. The molecule has 4 nitrogen and oxygen atoms in total. The Hall–Kier alpha value is -2.59. The van der Waals surface area contributed by atoms with E-state index in [4.69, 9.17) is 11.6 Å². The van der Waals surface area contributed by atoms with E-state index in [1.807, 2.05) is 6.92 Å². The Kier molecular flexibility index (Phi) is 4.28. The second-order valence-electron chi connectivity index (χ2n) is 8.28. The number of nitrogens with zero attached hydrogens (tertiary/aromatic N) is 1. The molecule has 5 rings (SSSR count). The molecule has 1 aromatic heterocycles. The minimum Gasteiger partial charge on any atom is -0.481 e. The topological polar surface area (TPSA) is 59.3 Å². The number of benzene rings is 2. The van der Waals surface area contributed by atoms with Crippen molar-refractivity contribution in [2.45, 2.75) is 50.9 Å². The zero-order valence-electron chi connectivity index (χ0n) is 16.2. The molecule has 0 saturated heterocycles. The molecule has 5 heteroatoms. The first-order valence-electron chi connectivity index (χ1n) is 10.2. The number of halogens is 1. The number of carboxylic acids is 1. The average molecular weight is 408 g/mol. The zero-order chi connectivity index (χ0) is 20.3. The lowest BCUT2D eigenvalue weighted by atomic mass is 9.61. The van der Waals surface area contributed by atoms with Gasteiger partial charge in [-0.2, -0.15) is 0 Å². The molecule has 1 N–H and O–H groups in total. The molecule has 1 fully saturated rings. The van der Waals surface area contributed by atoms with Crippen molar-refractivity contribution >= 4 is 34.4 Å². The van der Waals surface area contributed by atoms with Crippen LogP contribution in [0.1, 0.15) is 70.3 Å². The van der Waals surface area contributed by atoms with Crippen LogP contribution in [0.5, 0.6) is 0 Å². The summed E-state index contributed by atoms with van der Waals surface area (Å²) in [5, 5.41) is 10.9. The highest BCUT2D eigenvalue weighted by atomic mass is 35.5. The molecule has 0 bridgehead atoms. The van der Waals surface area contributed by atoms with E-state index in [0.717, 1.165) is 16.5 Å². The standard InChI is InChI=1S/C24H22ClNO3/c1-13-18(12-23(27)28)21-10-19-16-4-2-3-5-17(16)20(19)11-22(21)26(13)24(29)14-6-8-15(25)9-7-14/h6-11,16-17H,2-5,12H2,1H3,(H,27,28). The molecule has 29 heavy (non-hydrogen) atoms. The summed E-state index contributed by atoms with van der Waals surface area (Å²) in [5.74, 6) is 0.140. The smallest absolute Gasteiger partial charge is 0.307 e. The maximum atomic E-state index is 13.4.